The number of rotatable bonds is 5. The number of para-hydroxylation sites is 1. The van der Waals surface area contributed by atoms with Crippen LogP contribution in [0.25, 0.3) is 0 Å². The minimum Gasteiger partial charge on any atom is -0.347 e. The molecule has 7 nitrogen and oxygen atoms in total. The first-order valence-electron chi connectivity index (χ1n) is 10.5. The van der Waals surface area contributed by atoms with Gasteiger partial charge in [0.05, 0.1) is 24.8 Å². The van der Waals surface area contributed by atoms with Gasteiger partial charge in [-0.25, -0.2) is 4.68 Å². The molecular weight excluding hydrogens is 404 g/mol. The third-order valence-corrected chi connectivity index (χ3v) is 5.65. The highest BCUT2D eigenvalue weighted by Gasteiger charge is 2.46. The molecule has 7 heteroatoms. The number of hydrogen-bond donors (Lipinski definition) is 0. The van der Waals surface area contributed by atoms with E-state index in [-0.39, 0.29) is 18.3 Å². The first kappa shape index (κ1) is 20.1. The van der Waals surface area contributed by atoms with Gasteiger partial charge in [0.1, 0.15) is 0 Å². The average Bonchev–Trinajstić information content (AvgIpc) is 3.26. The predicted octanol–water partition coefficient (Wildman–Crippen LogP) is 2.94. The van der Waals surface area contributed by atoms with E-state index < -0.39 is 11.6 Å². The number of anilines is 1. The molecule has 1 aliphatic carbocycles. The lowest BCUT2D eigenvalue weighted by atomic mass is 9.94. The van der Waals surface area contributed by atoms with E-state index in [1.54, 1.807) is 21.7 Å². The number of carbonyl (C=O) groups excluding carboxylic acids is 2. The van der Waals surface area contributed by atoms with Crippen LogP contribution in [0, 0.1) is 5.92 Å². The lowest BCUT2D eigenvalue weighted by molar-refractivity contribution is -0.138. The van der Waals surface area contributed by atoms with Crippen LogP contribution < -0.4 is 4.90 Å². The van der Waals surface area contributed by atoms with E-state index in [1.807, 2.05) is 66.9 Å². The molecule has 1 atom stereocenters. The van der Waals surface area contributed by atoms with Crippen LogP contribution in [0.2, 0.25) is 0 Å². The summed E-state index contributed by atoms with van der Waals surface area (Å²) >= 11 is 0. The van der Waals surface area contributed by atoms with Crippen LogP contribution >= 0.6 is 0 Å². The Kier molecular flexibility index (Phi) is 5.25. The zero-order valence-electron chi connectivity index (χ0n) is 17.4. The Labute approximate surface area is 185 Å². The number of ether oxygens (including phenoxy) is 1. The maximum Gasteiger partial charge on any atom is 0.235 e. The van der Waals surface area contributed by atoms with Crippen LogP contribution in [-0.4, -0.2) is 39.0 Å². The highest BCUT2D eigenvalue weighted by molar-refractivity contribution is 6.03. The zero-order valence-corrected chi connectivity index (χ0v) is 17.4. The number of carbonyl (C=O) groups is 2. The van der Waals surface area contributed by atoms with Gasteiger partial charge in [-0.3, -0.25) is 14.5 Å². The third kappa shape index (κ3) is 3.90. The molecule has 1 spiro atoms. The van der Waals surface area contributed by atoms with Crippen LogP contribution in [0.3, 0.4) is 0 Å². The number of aromatic nitrogens is 3. The SMILES string of the molecule is O=C1C=CC2(C=C1)OCC(Cc1cn(Cc3ccccc3)nn1)C(=O)N2c1ccccc1. The van der Waals surface area contributed by atoms with Crippen molar-refractivity contribution in [1.82, 2.24) is 15.0 Å². The number of ketones is 1. The molecule has 5 rings (SSSR count). The lowest BCUT2D eigenvalue weighted by Gasteiger charge is -2.46. The molecule has 0 radical (unpaired) electrons. The fourth-order valence-corrected chi connectivity index (χ4v) is 4.07. The molecule has 2 aliphatic rings. The van der Waals surface area contributed by atoms with Crippen molar-refractivity contribution in [3.63, 3.8) is 0 Å². The second kappa shape index (κ2) is 8.36. The summed E-state index contributed by atoms with van der Waals surface area (Å²) < 4.78 is 7.98. The molecular formula is C25H22N4O3. The molecule has 1 aliphatic heterocycles. The summed E-state index contributed by atoms with van der Waals surface area (Å²) in [5.74, 6) is -0.623. The molecule has 1 saturated heterocycles. The molecule has 1 fully saturated rings. The molecule has 3 aromatic rings. The maximum absolute atomic E-state index is 13.6. The van der Waals surface area contributed by atoms with Gasteiger partial charge in [-0.15, -0.1) is 5.10 Å². The van der Waals surface area contributed by atoms with E-state index in [9.17, 15) is 9.59 Å². The van der Waals surface area contributed by atoms with E-state index in [2.05, 4.69) is 10.3 Å². The number of allylic oxidation sites excluding steroid dienone is 2. The van der Waals surface area contributed by atoms with Crippen molar-refractivity contribution in [2.75, 3.05) is 11.5 Å². The Bertz CT molecular complexity index is 1170. The first-order valence-corrected chi connectivity index (χ1v) is 10.5. The minimum absolute atomic E-state index is 0.0799. The van der Waals surface area contributed by atoms with Gasteiger partial charge in [0.25, 0.3) is 0 Å². The van der Waals surface area contributed by atoms with Crippen molar-refractivity contribution in [1.29, 1.82) is 0 Å². The normalized spacial score (nSPS) is 19.6. The van der Waals surface area contributed by atoms with Crippen molar-refractivity contribution in [3.05, 3.63) is 102 Å². The van der Waals surface area contributed by atoms with Crippen LogP contribution in [0.1, 0.15) is 11.3 Å². The summed E-state index contributed by atoms with van der Waals surface area (Å²) in [7, 11) is 0. The van der Waals surface area contributed by atoms with Crippen LogP contribution in [0.15, 0.2) is 91.2 Å². The second-order valence-electron chi connectivity index (χ2n) is 7.94. The van der Waals surface area contributed by atoms with E-state index >= 15 is 0 Å². The van der Waals surface area contributed by atoms with Gasteiger partial charge >= 0.3 is 0 Å². The Morgan fingerprint density at radius 3 is 2.38 bits per heavy atom. The predicted molar refractivity (Wildman–Crippen MR) is 119 cm³/mol. The van der Waals surface area contributed by atoms with E-state index in [0.717, 1.165) is 11.3 Å². The fourth-order valence-electron chi connectivity index (χ4n) is 4.07. The molecule has 0 saturated carbocycles. The Morgan fingerprint density at radius 2 is 1.66 bits per heavy atom. The summed E-state index contributed by atoms with van der Waals surface area (Å²) in [6.45, 7) is 0.836. The Morgan fingerprint density at radius 1 is 0.969 bits per heavy atom. The number of nitrogens with zero attached hydrogens (tertiary/aromatic N) is 4. The van der Waals surface area contributed by atoms with Gasteiger partial charge < -0.3 is 4.74 Å². The summed E-state index contributed by atoms with van der Waals surface area (Å²) in [5.41, 5.74) is 1.47. The van der Waals surface area contributed by atoms with Crippen LogP contribution in [-0.2, 0) is 27.3 Å². The number of amides is 1. The molecule has 2 heterocycles. The van der Waals surface area contributed by atoms with Crippen molar-refractivity contribution in [2.24, 2.45) is 5.92 Å². The third-order valence-electron chi connectivity index (χ3n) is 5.65. The summed E-state index contributed by atoms with van der Waals surface area (Å²) in [6, 6.07) is 19.4. The highest BCUT2D eigenvalue weighted by Crippen LogP contribution is 2.36. The van der Waals surface area contributed by atoms with E-state index in [1.165, 1.54) is 12.2 Å². The van der Waals surface area contributed by atoms with Gasteiger partial charge in [-0.05, 0) is 42.0 Å². The lowest BCUT2D eigenvalue weighted by Crippen LogP contribution is -2.60. The summed E-state index contributed by atoms with van der Waals surface area (Å²) in [6.07, 6.45) is 8.46. The minimum atomic E-state index is -1.10. The van der Waals surface area contributed by atoms with Crippen molar-refractivity contribution in [2.45, 2.75) is 18.7 Å². The topological polar surface area (TPSA) is 77.3 Å². The Hall–Kier alpha value is -3.84. The quantitative estimate of drug-likeness (QED) is 0.627. The molecule has 2 aromatic carbocycles. The summed E-state index contributed by atoms with van der Waals surface area (Å²) in [4.78, 5) is 26.9. The molecule has 0 N–H and O–H groups in total. The van der Waals surface area contributed by atoms with E-state index in [4.69, 9.17) is 4.74 Å². The molecule has 1 unspecified atom stereocenters. The fraction of sp³-hybridized carbons (Fsp3) is 0.200. The van der Waals surface area contributed by atoms with Crippen molar-refractivity contribution in [3.8, 4) is 0 Å². The van der Waals surface area contributed by atoms with Crippen LogP contribution in [0.5, 0.6) is 0 Å². The van der Waals surface area contributed by atoms with Crippen molar-refractivity contribution < 1.29 is 14.3 Å². The van der Waals surface area contributed by atoms with Crippen LogP contribution in [0.4, 0.5) is 5.69 Å². The average molecular weight is 426 g/mol. The molecule has 32 heavy (non-hydrogen) atoms. The summed E-state index contributed by atoms with van der Waals surface area (Å²) in [5, 5.41) is 8.48. The monoisotopic (exact) mass is 426 g/mol. The van der Waals surface area contributed by atoms with Gasteiger partial charge in [-0.2, -0.15) is 0 Å². The van der Waals surface area contributed by atoms with Gasteiger partial charge in [-0.1, -0.05) is 53.7 Å². The molecule has 0 bridgehead atoms. The maximum atomic E-state index is 13.6. The largest absolute Gasteiger partial charge is 0.347 e. The number of hydrogen-bond acceptors (Lipinski definition) is 5. The molecule has 1 aromatic heterocycles. The van der Waals surface area contributed by atoms with Gasteiger partial charge in [0, 0.05) is 18.3 Å². The van der Waals surface area contributed by atoms with Gasteiger partial charge in [0.2, 0.25) is 5.91 Å². The standard InChI is InChI=1S/C25H22N4O3/c30-23-11-13-25(14-12-23)29(22-9-5-2-6-10-22)24(31)20(18-32-25)15-21-17-28(27-26-21)16-19-7-3-1-4-8-19/h1-14,17,20H,15-16,18H2. The second-order valence-corrected chi connectivity index (χ2v) is 7.94. The molecule has 1 amide bonds. The van der Waals surface area contributed by atoms with Gasteiger partial charge in [0.15, 0.2) is 11.5 Å². The number of benzene rings is 2. The highest BCUT2D eigenvalue weighted by atomic mass is 16.5. The zero-order chi connectivity index (χ0) is 22.0. The smallest absolute Gasteiger partial charge is 0.235 e. The Balaban J connectivity index is 1.38. The van der Waals surface area contributed by atoms with Crippen molar-refractivity contribution >= 4 is 17.4 Å². The van der Waals surface area contributed by atoms with E-state index in [0.29, 0.717) is 18.7 Å². The first-order chi connectivity index (χ1) is 15.6. The molecule has 160 valence electrons.